The molecule has 0 N–H and O–H groups in total. The van der Waals surface area contributed by atoms with Gasteiger partial charge in [-0.15, -0.1) is 11.3 Å². The molecule has 4 heteroatoms. The van der Waals surface area contributed by atoms with Gasteiger partial charge >= 0.3 is 0 Å². The fraction of sp³-hybridized carbons (Fsp3) is 0.667. The van der Waals surface area contributed by atoms with E-state index in [1.807, 2.05) is 22.4 Å². The van der Waals surface area contributed by atoms with E-state index < -0.39 is 0 Å². The number of piperazine rings is 1. The highest BCUT2D eigenvalue weighted by Gasteiger charge is 2.23. The van der Waals surface area contributed by atoms with Crippen molar-refractivity contribution in [2.24, 2.45) is 5.41 Å². The van der Waals surface area contributed by atoms with Gasteiger partial charge in [0.15, 0.2) is 0 Å². The molecule has 1 aromatic heterocycles. The van der Waals surface area contributed by atoms with Crippen LogP contribution < -0.4 is 0 Å². The van der Waals surface area contributed by atoms with E-state index in [0.717, 1.165) is 37.6 Å². The number of carbonyl (C=O) groups is 1. The van der Waals surface area contributed by atoms with Crippen molar-refractivity contribution in [1.29, 1.82) is 0 Å². The average molecular weight is 280 g/mol. The summed E-state index contributed by atoms with van der Waals surface area (Å²) in [6.07, 6.45) is 1.21. The highest BCUT2D eigenvalue weighted by Crippen LogP contribution is 2.20. The third kappa shape index (κ3) is 4.32. The molecule has 0 atom stereocenters. The maximum absolute atomic E-state index is 12.2. The van der Waals surface area contributed by atoms with Crippen LogP contribution in [0.5, 0.6) is 0 Å². The van der Waals surface area contributed by atoms with Crippen molar-refractivity contribution in [3.8, 4) is 0 Å². The second kappa shape index (κ2) is 6.06. The third-order valence-electron chi connectivity index (χ3n) is 3.57. The third-order valence-corrected chi connectivity index (χ3v) is 4.43. The molecule has 0 aromatic carbocycles. The van der Waals surface area contributed by atoms with Crippen LogP contribution in [-0.2, 0) is 0 Å². The van der Waals surface area contributed by atoms with Gasteiger partial charge in [-0.05, 0) is 29.8 Å². The maximum atomic E-state index is 12.2. The van der Waals surface area contributed by atoms with Gasteiger partial charge in [-0.1, -0.05) is 26.8 Å². The zero-order chi connectivity index (χ0) is 13.9. The molecule has 1 aliphatic rings. The molecule has 1 saturated heterocycles. The van der Waals surface area contributed by atoms with E-state index in [1.54, 1.807) is 0 Å². The minimum atomic E-state index is 0.200. The molecule has 1 aliphatic heterocycles. The number of thiophene rings is 1. The van der Waals surface area contributed by atoms with Gasteiger partial charge in [0.25, 0.3) is 5.91 Å². The van der Waals surface area contributed by atoms with Gasteiger partial charge in [0.1, 0.15) is 0 Å². The lowest BCUT2D eigenvalue weighted by Crippen LogP contribution is -2.49. The molecular weight excluding hydrogens is 256 g/mol. The molecule has 0 radical (unpaired) electrons. The number of rotatable bonds is 3. The second-order valence-electron chi connectivity index (χ2n) is 6.42. The summed E-state index contributed by atoms with van der Waals surface area (Å²) in [5.74, 6) is 0.200. The Morgan fingerprint density at radius 1 is 1.26 bits per heavy atom. The molecule has 2 heterocycles. The molecule has 0 bridgehead atoms. The Bertz CT molecular complexity index is 400. The summed E-state index contributed by atoms with van der Waals surface area (Å²) in [5, 5.41) is 1.97. The number of hydrogen-bond acceptors (Lipinski definition) is 3. The van der Waals surface area contributed by atoms with Gasteiger partial charge in [0.05, 0.1) is 4.88 Å². The number of nitrogens with zero attached hydrogens (tertiary/aromatic N) is 2. The summed E-state index contributed by atoms with van der Waals surface area (Å²) < 4.78 is 0. The van der Waals surface area contributed by atoms with Gasteiger partial charge in [-0.3, -0.25) is 9.69 Å². The van der Waals surface area contributed by atoms with Gasteiger partial charge in [-0.25, -0.2) is 0 Å². The monoisotopic (exact) mass is 280 g/mol. The standard InChI is InChI=1S/C15H24N2OS/c1-15(2,3)6-7-16-8-10-17(11-9-16)14(18)13-5-4-12-19-13/h4-5,12H,6-11H2,1-3H3. The zero-order valence-corrected chi connectivity index (χ0v) is 13.0. The number of amides is 1. The lowest BCUT2D eigenvalue weighted by molar-refractivity contribution is 0.0628. The van der Waals surface area contributed by atoms with E-state index in [-0.39, 0.29) is 5.91 Å². The van der Waals surface area contributed by atoms with Crippen LogP contribution in [0.25, 0.3) is 0 Å². The van der Waals surface area contributed by atoms with Crippen LogP contribution in [0.15, 0.2) is 17.5 Å². The van der Waals surface area contributed by atoms with Gasteiger partial charge in [-0.2, -0.15) is 0 Å². The van der Waals surface area contributed by atoms with Crippen LogP contribution in [0.1, 0.15) is 36.9 Å². The molecule has 3 nitrogen and oxygen atoms in total. The quantitative estimate of drug-likeness (QED) is 0.850. The lowest BCUT2D eigenvalue weighted by Gasteiger charge is -2.35. The van der Waals surface area contributed by atoms with Crippen LogP contribution in [-0.4, -0.2) is 48.4 Å². The predicted octanol–water partition coefficient (Wildman–Crippen LogP) is 2.94. The predicted molar refractivity (Wildman–Crippen MR) is 80.7 cm³/mol. The second-order valence-corrected chi connectivity index (χ2v) is 7.37. The minimum absolute atomic E-state index is 0.200. The summed E-state index contributed by atoms with van der Waals surface area (Å²) in [7, 11) is 0. The first-order valence-electron chi connectivity index (χ1n) is 7.01. The van der Waals surface area contributed by atoms with Crippen molar-refractivity contribution in [3.63, 3.8) is 0 Å². The Morgan fingerprint density at radius 2 is 1.95 bits per heavy atom. The molecule has 2 rings (SSSR count). The van der Waals surface area contributed by atoms with Crippen LogP contribution in [0.4, 0.5) is 0 Å². The SMILES string of the molecule is CC(C)(C)CCN1CCN(C(=O)c2cccs2)CC1. The Kier molecular flexibility index (Phi) is 4.63. The Balaban J connectivity index is 1.78. The highest BCUT2D eigenvalue weighted by atomic mass is 32.1. The first kappa shape index (κ1) is 14.5. The van der Waals surface area contributed by atoms with Crippen molar-refractivity contribution >= 4 is 17.2 Å². The lowest BCUT2D eigenvalue weighted by atomic mass is 9.92. The first-order chi connectivity index (χ1) is 8.96. The van der Waals surface area contributed by atoms with Crippen molar-refractivity contribution in [1.82, 2.24) is 9.80 Å². The zero-order valence-electron chi connectivity index (χ0n) is 12.2. The molecule has 0 aliphatic carbocycles. The molecule has 1 aromatic rings. The Hall–Kier alpha value is -0.870. The molecule has 0 unspecified atom stereocenters. The van der Waals surface area contributed by atoms with E-state index >= 15 is 0 Å². The van der Waals surface area contributed by atoms with Gasteiger partial charge < -0.3 is 4.90 Å². The van der Waals surface area contributed by atoms with Crippen molar-refractivity contribution in [2.75, 3.05) is 32.7 Å². The van der Waals surface area contributed by atoms with Crippen molar-refractivity contribution in [3.05, 3.63) is 22.4 Å². The van der Waals surface area contributed by atoms with Crippen LogP contribution in [0, 0.1) is 5.41 Å². The topological polar surface area (TPSA) is 23.6 Å². The Labute approximate surface area is 120 Å². The molecular formula is C15H24N2OS. The normalized spacial score (nSPS) is 17.7. The van der Waals surface area contributed by atoms with Crippen molar-refractivity contribution in [2.45, 2.75) is 27.2 Å². The van der Waals surface area contributed by atoms with E-state index in [0.29, 0.717) is 5.41 Å². The first-order valence-corrected chi connectivity index (χ1v) is 7.89. The van der Waals surface area contributed by atoms with Gasteiger partial charge in [0.2, 0.25) is 0 Å². The number of carbonyl (C=O) groups excluding carboxylic acids is 1. The smallest absolute Gasteiger partial charge is 0.264 e. The van der Waals surface area contributed by atoms with Crippen LogP contribution in [0.3, 0.4) is 0 Å². The largest absolute Gasteiger partial charge is 0.335 e. The molecule has 106 valence electrons. The summed E-state index contributed by atoms with van der Waals surface area (Å²) in [6.45, 7) is 11.7. The van der Waals surface area contributed by atoms with E-state index in [2.05, 4.69) is 25.7 Å². The molecule has 1 fully saturated rings. The fourth-order valence-electron chi connectivity index (χ4n) is 2.22. The summed E-state index contributed by atoms with van der Waals surface area (Å²) >= 11 is 1.53. The van der Waals surface area contributed by atoms with E-state index in [4.69, 9.17) is 0 Å². The summed E-state index contributed by atoms with van der Waals surface area (Å²) in [5.41, 5.74) is 0.393. The fourth-order valence-corrected chi connectivity index (χ4v) is 2.91. The maximum Gasteiger partial charge on any atom is 0.264 e. The van der Waals surface area contributed by atoms with Crippen LogP contribution >= 0.6 is 11.3 Å². The van der Waals surface area contributed by atoms with Crippen LogP contribution in [0.2, 0.25) is 0 Å². The van der Waals surface area contributed by atoms with Crippen molar-refractivity contribution < 1.29 is 4.79 Å². The molecule has 1 amide bonds. The average Bonchev–Trinajstić information content (AvgIpc) is 2.89. The van der Waals surface area contributed by atoms with Gasteiger partial charge in [0, 0.05) is 26.2 Å². The summed E-state index contributed by atoms with van der Waals surface area (Å²) in [6, 6.07) is 3.86. The Morgan fingerprint density at radius 3 is 2.47 bits per heavy atom. The number of hydrogen-bond donors (Lipinski definition) is 0. The highest BCUT2D eigenvalue weighted by molar-refractivity contribution is 7.12. The van der Waals surface area contributed by atoms with E-state index in [1.165, 1.54) is 17.8 Å². The molecule has 0 spiro atoms. The molecule has 19 heavy (non-hydrogen) atoms. The molecule has 0 saturated carbocycles. The minimum Gasteiger partial charge on any atom is -0.335 e. The summed E-state index contributed by atoms with van der Waals surface area (Å²) in [4.78, 5) is 17.5. The van der Waals surface area contributed by atoms with E-state index in [9.17, 15) is 4.79 Å².